The molecule has 0 spiro atoms. The van der Waals surface area contributed by atoms with Gasteiger partial charge in [0.2, 0.25) is 0 Å². The SMILES string of the molecule is OC[C@H]1O[C@@H]2O[C@H]3[C@H](O)[C@@H](O)[C@@H](O[C@H]4[C@@H]5O[C@@H]5[C@@H](O[C@H]5[C@@H]6OC[C@H]5O[C@H](O[C@H]5[C@H](O)[C@@H](O)[C@@H](O[C@H]7[C@H](O)[C@@H](O)[C@@H](O[C@H]1[C@H](O)[C@H]2O)O[C@@H]7CO)O[C@@H]5CO)[C@@H]6O)O[C@@H]4CO)O[C@@H]3CO. The van der Waals surface area contributed by atoms with Crippen molar-refractivity contribution in [2.75, 3.05) is 39.6 Å². The van der Waals surface area contributed by atoms with E-state index in [-0.39, 0.29) is 6.61 Å². The van der Waals surface area contributed by atoms with Crippen LogP contribution in [-0.4, -0.2) is 295 Å². The standard InChI is InChI=1S/C36H56O28/c37-1-7-22-14(43)18(47)32(53-7)61-24-9(3-39)55-34(20(49)16(24)45)63-26-11(5-41)56-36(30-29(26)58-30)64-27-12-6-51-28(27)21(50)35(57-12)62-25-10(4-40)54-33(19(48)15(25)44)60-23-8(2-38)52-31(59-22)17(46)13(23)42/h7-50H,1-6H2/t7-,8-,9-,10-,11-,12-,13-,14-,15-,16-,17-,18-,19-,20-,21-,22-,23-,24-,25-,26-,27-,28-,29+,30+,31-,32-,33-,34-,35-,36-/m1/s1. The summed E-state index contributed by atoms with van der Waals surface area (Å²) in [6.07, 6.45) is -48.0. The molecule has 0 aromatic rings. The van der Waals surface area contributed by atoms with Crippen LogP contribution in [-0.2, 0) is 66.3 Å². The van der Waals surface area contributed by atoms with Gasteiger partial charge < -0.3 is 138 Å². The fourth-order valence-electron chi connectivity index (χ4n) is 9.54. The maximum atomic E-state index is 11.4. The van der Waals surface area contributed by atoms with E-state index in [1.165, 1.54) is 0 Å². The second kappa shape index (κ2) is 19.3. The molecule has 14 bridgehead atoms. The Morgan fingerprint density at radius 3 is 0.938 bits per heavy atom. The van der Waals surface area contributed by atoms with Crippen LogP contribution < -0.4 is 0 Å². The minimum atomic E-state index is -2.08. The first-order chi connectivity index (χ1) is 30.7. The van der Waals surface area contributed by atoms with Crippen molar-refractivity contribution in [3.05, 3.63) is 0 Å². The van der Waals surface area contributed by atoms with E-state index in [4.69, 9.17) is 66.3 Å². The van der Waals surface area contributed by atoms with Gasteiger partial charge >= 0.3 is 0 Å². The van der Waals surface area contributed by atoms with Crippen LogP contribution in [0.2, 0.25) is 0 Å². The van der Waals surface area contributed by atoms with E-state index in [0.29, 0.717) is 0 Å². The fourth-order valence-corrected chi connectivity index (χ4v) is 9.54. The second-order valence-corrected chi connectivity index (χ2v) is 17.1. The van der Waals surface area contributed by atoms with Crippen LogP contribution in [0, 0.1) is 0 Å². The summed E-state index contributed by atoms with van der Waals surface area (Å²) >= 11 is 0. The molecule has 0 aliphatic carbocycles. The van der Waals surface area contributed by atoms with Gasteiger partial charge in [-0.3, -0.25) is 0 Å². The summed E-state index contributed by atoms with van der Waals surface area (Å²) in [4.78, 5) is 0. The van der Waals surface area contributed by atoms with Gasteiger partial charge in [-0.05, 0) is 0 Å². The average molecular weight is 937 g/mol. The number of hydrogen-bond donors (Lipinski definition) is 14. The van der Waals surface area contributed by atoms with E-state index in [9.17, 15) is 71.5 Å². The summed E-state index contributed by atoms with van der Waals surface area (Å²) in [6.45, 7) is -4.40. The van der Waals surface area contributed by atoms with Crippen LogP contribution in [0.15, 0.2) is 0 Å². The Kier molecular flexibility index (Phi) is 14.5. The molecule has 21 aliphatic heterocycles. The highest BCUT2D eigenvalue weighted by molar-refractivity contribution is 5.06. The lowest BCUT2D eigenvalue weighted by molar-refractivity contribution is -0.395. The van der Waals surface area contributed by atoms with Gasteiger partial charge in [-0.1, -0.05) is 0 Å². The van der Waals surface area contributed by atoms with E-state index in [2.05, 4.69) is 0 Å². The van der Waals surface area contributed by atoms with Gasteiger partial charge in [-0.2, -0.15) is 0 Å². The van der Waals surface area contributed by atoms with E-state index < -0.39 is 217 Å². The molecule has 368 valence electrons. The summed E-state index contributed by atoms with van der Waals surface area (Å²) in [5.74, 6) is 0. The molecule has 28 nitrogen and oxygen atoms in total. The maximum Gasteiger partial charge on any atom is 0.187 e. The zero-order valence-corrected chi connectivity index (χ0v) is 33.5. The first-order valence-electron chi connectivity index (χ1n) is 21.0. The molecule has 0 aromatic heterocycles. The van der Waals surface area contributed by atoms with Crippen molar-refractivity contribution >= 4 is 0 Å². The molecular formula is C36H56O28. The summed E-state index contributed by atoms with van der Waals surface area (Å²) in [5.41, 5.74) is 0. The summed E-state index contributed by atoms with van der Waals surface area (Å²) in [6, 6.07) is 0. The molecule has 28 heteroatoms. The van der Waals surface area contributed by atoms with Crippen LogP contribution in [0.4, 0.5) is 0 Å². The van der Waals surface area contributed by atoms with E-state index in [1.807, 2.05) is 0 Å². The third-order valence-corrected chi connectivity index (χ3v) is 13.1. The Morgan fingerprint density at radius 1 is 0.250 bits per heavy atom. The second-order valence-electron chi connectivity index (χ2n) is 17.1. The lowest BCUT2D eigenvalue weighted by Crippen LogP contribution is -2.68. The van der Waals surface area contributed by atoms with E-state index >= 15 is 0 Å². The molecule has 21 saturated heterocycles. The summed E-state index contributed by atoms with van der Waals surface area (Å²) in [5, 5.41) is 153. The van der Waals surface area contributed by atoms with Gasteiger partial charge in [0.05, 0.1) is 39.6 Å². The first-order valence-corrected chi connectivity index (χ1v) is 21.0. The number of rotatable bonds is 5. The van der Waals surface area contributed by atoms with Crippen molar-refractivity contribution in [3.63, 3.8) is 0 Å². The van der Waals surface area contributed by atoms with Gasteiger partial charge in [0, 0.05) is 0 Å². The minimum Gasteiger partial charge on any atom is -0.394 e. The zero-order chi connectivity index (χ0) is 45.5. The molecule has 21 fully saturated rings. The van der Waals surface area contributed by atoms with Gasteiger partial charge in [-0.15, -0.1) is 0 Å². The van der Waals surface area contributed by atoms with Gasteiger partial charge in [0.1, 0.15) is 146 Å². The number of aliphatic hydroxyl groups is 14. The van der Waals surface area contributed by atoms with Crippen LogP contribution in [0.1, 0.15) is 0 Å². The molecule has 14 N–H and O–H groups in total. The monoisotopic (exact) mass is 936 g/mol. The van der Waals surface area contributed by atoms with Crippen molar-refractivity contribution in [1.82, 2.24) is 0 Å². The van der Waals surface area contributed by atoms with Crippen molar-refractivity contribution in [2.45, 2.75) is 184 Å². The van der Waals surface area contributed by atoms with Gasteiger partial charge in [0.25, 0.3) is 0 Å². The molecule has 30 atom stereocenters. The number of aliphatic hydroxyl groups excluding tert-OH is 14. The molecule has 0 amide bonds. The molecule has 21 aliphatic rings. The molecule has 0 unspecified atom stereocenters. The quantitative estimate of drug-likeness (QED) is 0.114. The Balaban J connectivity index is 0.989. The fraction of sp³-hybridized carbons (Fsp3) is 1.00. The molecule has 0 radical (unpaired) electrons. The molecular weight excluding hydrogens is 880 g/mol. The number of epoxide rings is 1. The van der Waals surface area contributed by atoms with E-state index in [0.717, 1.165) is 0 Å². The molecule has 64 heavy (non-hydrogen) atoms. The van der Waals surface area contributed by atoms with Crippen LogP contribution >= 0.6 is 0 Å². The Labute approximate surface area is 361 Å². The van der Waals surface area contributed by atoms with Crippen LogP contribution in [0.5, 0.6) is 0 Å². The minimum absolute atomic E-state index is 0.116. The number of hydrogen-bond acceptors (Lipinski definition) is 28. The summed E-state index contributed by atoms with van der Waals surface area (Å²) in [7, 11) is 0. The van der Waals surface area contributed by atoms with Crippen molar-refractivity contribution in [2.24, 2.45) is 0 Å². The highest BCUT2D eigenvalue weighted by Crippen LogP contribution is 2.44. The molecule has 21 heterocycles. The normalized spacial score (nSPS) is 57.8. The predicted molar refractivity (Wildman–Crippen MR) is 189 cm³/mol. The lowest BCUT2D eigenvalue weighted by atomic mass is 9.95. The van der Waals surface area contributed by atoms with Crippen molar-refractivity contribution in [1.29, 1.82) is 0 Å². The van der Waals surface area contributed by atoms with Crippen LogP contribution in [0.3, 0.4) is 0 Å². The van der Waals surface area contributed by atoms with Gasteiger partial charge in [-0.25, -0.2) is 0 Å². The zero-order valence-electron chi connectivity index (χ0n) is 33.5. The Bertz CT molecular complexity index is 1550. The van der Waals surface area contributed by atoms with Crippen molar-refractivity contribution in [3.8, 4) is 0 Å². The largest absolute Gasteiger partial charge is 0.394 e. The highest BCUT2D eigenvalue weighted by Gasteiger charge is 2.64. The topological polar surface area (TPSA) is 416 Å². The molecule has 0 aromatic carbocycles. The maximum absolute atomic E-state index is 11.4. The predicted octanol–water partition coefficient (Wildman–Crippen LogP) is -11.0. The third kappa shape index (κ3) is 8.54. The summed E-state index contributed by atoms with van der Waals surface area (Å²) < 4.78 is 81.8. The van der Waals surface area contributed by atoms with Crippen LogP contribution in [0.25, 0.3) is 0 Å². The Morgan fingerprint density at radius 2 is 0.562 bits per heavy atom. The van der Waals surface area contributed by atoms with Crippen molar-refractivity contribution < 1.29 is 138 Å². The average Bonchev–Trinajstić information content (AvgIpc) is 4.04. The lowest BCUT2D eigenvalue weighted by Gasteiger charge is -2.49. The molecule has 21 rings (SSSR count). The first kappa shape index (κ1) is 47.9. The van der Waals surface area contributed by atoms with Gasteiger partial charge in [0.15, 0.2) is 37.7 Å². The Hall–Kier alpha value is -1.12. The third-order valence-electron chi connectivity index (χ3n) is 13.1. The smallest absolute Gasteiger partial charge is 0.187 e. The number of ether oxygens (including phenoxy) is 14. The van der Waals surface area contributed by atoms with E-state index in [1.54, 1.807) is 0 Å². The molecule has 0 saturated carbocycles. The highest BCUT2D eigenvalue weighted by atomic mass is 16.8.